The predicted molar refractivity (Wildman–Crippen MR) is 101 cm³/mol. The molecule has 0 aromatic heterocycles. The zero-order valence-electron chi connectivity index (χ0n) is 15.4. The molecular formula is C19H31ClN2O2. The molecule has 136 valence electrons. The van der Waals surface area contributed by atoms with Crippen LogP contribution in [0.4, 0.5) is 0 Å². The molecule has 24 heavy (non-hydrogen) atoms. The minimum Gasteiger partial charge on any atom is -0.378 e. The Morgan fingerprint density at radius 3 is 2.38 bits per heavy atom. The molecule has 1 aromatic rings. The van der Waals surface area contributed by atoms with Crippen molar-refractivity contribution in [3.8, 4) is 0 Å². The zero-order chi connectivity index (χ0) is 17.3. The van der Waals surface area contributed by atoms with Crippen molar-refractivity contribution in [3.63, 3.8) is 0 Å². The number of rotatable bonds is 6. The molecule has 4 nitrogen and oxygen atoms in total. The lowest BCUT2D eigenvalue weighted by Crippen LogP contribution is -2.75. The van der Waals surface area contributed by atoms with Crippen LogP contribution in [0.15, 0.2) is 18.2 Å². The van der Waals surface area contributed by atoms with Crippen molar-refractivity contribution in [1.29, 1.82) is 0 Å². The molecular weight excluding hydrogens is 324 g/mol. The summed E-state index contributed by atoms with van der Waals surface area (Å²) in [7, 11) is 0. The number of ether oxygens (including phenoxy) is 1. The average molecular weight is 355 g/mol. The van der Waals surface area contributed by atoms with Gasteiger partial charge in [-0.2, -0.15) is 0 Å². The van der Waals surface area contributed by atoms with Gasteiger partial charge in [0, 0.05) is 25.0 Å². The summed E-state index contributed by atoms with van der Waals surface area (Å²) in [5, 5.41) is 3.01. The van der Waals surface area contributed by atoms with Crippen molar-refractivity contribution in [2.45, 2.75) is 59.1 Å². The number of aryl methyl sites for hydroxylation is 2. The van der Waals surface area contributed by atoms with Gasteiger partial charge in [-0.05, 0) is 32.8 Å². The first kappa shape index (κ1) is 20.9. The molecule has 1 saturated carbocycles. The molecule has 0 heterocycles. The number of amides is 1. The number of nitrogens with two attached hydrogens (primary N) is 1. The molecule has 0 bridgehead atoms. The fraction of sp³-hybridized carbons (Fsp3) is 0.632. The fourth-order valence-corrected chi connectivity index (χ4v) is 3.51. The van der Waals surface area contributed by atoms with Gasteiger partial charge in [0.05, 0.1) is 6.10 Å². The Morgan fingerprint density at radius 1 is 1.29 bits per heavy atom. The highest BCUT2D eigenvalue weighted by molar-refractivity contribution is 5.88. The maximum absolute atomic E-state index is 12.5. The Hall–Kier alpha value is -1.10. The lowest BCUT2D eigenvalue weighted by Gasteiger charge is -2.57. The van der Waals surface area contributed by atoms with Crippen LogP contribution in [0.3, 0.4) is 0 Å². The van der Waals surface area contributed by atoms with Crippen molar-refractivity contribution in [3.05, 3.63) is 34.9 Å². The third-order valence-electron chi connectivity index (χ3n) is 5.22. The molecule has 2 atom stereocenters. The van der Waals surface area contributed by atoms with Gasteiger partial charge in [0.15, 0.2) is 0 Å². The molecule has 2 unspecified atom stereocenters. The van der Waals surface area contributed by atoms with E-state index in [1.807, 2.05) is 20.8 Å². The second-order valence-corrected chi connectivity index (χ2v) is 7.34. The van der Waals surface area contributed by atoms with Crippen LogP contribution in [-0.2, 0) is 16.0 Å². The number of benzene rings is 1. The van der Waals surface area contributed by atoms with Crippen molar-refractivity contribution in [1.82, 2.24) is 5.32 Å². The van der Waals surface area contributed by atoms with E-state index in [1.54, 1.807) is 0 Å². The van der Waals surface area contributed by atoms with Gasteiger partial charge in [0.2, 0.25) is 5.91 Å². The summed E-state index contributed by atoms with van der Waals surface area (Å²) in [6.07, 6.45) is 1.46. The number of halogens is 1. The topological polar surface area (TPSA) is 64.3 Å². The van der Waals surface area contributed by atoms with Crippen LogP contribution >= 0.6 is 12.4 Å². The van der Waals surface area contributed by atoms with Crippen LogP contribution < -0.4 is 11.1 Å². The first-order chi connectivity index (χ1) is 10.7. The van der Waals surface area contributed by atoms with Gasteiger partial charge in [0.1, 0.15) is 5.54 Å². The Bertz CT molecular complexity index is 568. The third kappa shape index (κ3) is 3.93. The number of carbonyl (C=O) groups excluding carboxylic acids is 1. The van der Waals surface area contributed by atoms with Gasteiger partial charge in [-0.1, -0.05) is 43.2 Å². The van der Waals surface area contributed by atoms with Crippen molar-refractivity contribution >= 4 is 18.3 Å². The summed E-state index contributed by atoms with van der Waals surface area (Å²) in [5.41, 5.74) is 8.95. The molecule has 0 saturated heterocycles. The highest BCUT2D eigenvalue weighted by atomic mass is 35.5. The Labute approximate surface area is 151 Å². The second-order valence-electron chi connectivity index (χ2n) is 7.34. The smallest absolute Gasteiger partial charge is 0.240 e. The van der Waals surface area contributed by atoms with E-state index in [4.69, 9.17) is 10.5 Å². The normalized spacial score (nSPS) is 24.7. The van der Waals surface area contributed by atoms with E-state index in [9.17, 15) is 4.79 Å². The minimum atomic E-state index is -0.838. The Kier molecular flexibility index (Phi) is 6.85. The molecule has 3 N–H and O–H groups in total. The molecule has 0 spiro atoms. The van der Waals surface area contributed by atoms with E-state index >= 15 is 0 Å². The second kappa shape index (κ2) is 7.85. The van der Waals surface area contributed by atoms with E-state index in [0.717, 1.165) is 6.42 Å². The molecule has 1 amide bonds. The summed E-state index contributed by atoms with van der Waals surface area (Å²) in [6.45, 7) is 11.4. The summed E-state index contributed by atoms with van der Waals surface area (Å²) in [4.78, 5) is 12.5. The van der Waals surface area contributed by atoms with Crippen LogP contribution in [-0.4, -0.2) is 30.7 Å². The molecule has 1 aliphatic rings. The summed E-state index contributed by atoms with van der Waals surface area (Å²) >= 11 is 0. The zero-order valence-corrected chi connectivity index (χ0v) is 16.3. The standard InChI is InChI=1S/C19H30N2O2.ClH/c1-6-23-16-12-19(20,18(16,4)5)17(22)21-8-7-15-10-13(2)9-14(3)11-15;/h9-11,16H,6-8,12,20H2,1-5H3,(H,21,22);1H. The van der Waals surface area contributed by atoms with Gasteiger partial charge < -0.3 is 15.8 Å². The summed E-state index contributed by atoms with van der Waals surface area (Å²) in [5.74, 6) is -0.0668. The summed E-state index contributed by atoms with van der Waals surface area (Å²) in [6, 6.07) is 6.48. The minimum absolute atomic E-state index is 0. The van der Waals surface area contributed by atoms with Crippen LogP contribution in [0, 0.1) is 19.3 Å². The highest BCUT2D eigenvalue weighted by Gasteiger charge is 2.62. The Balaban J connectivity index is 0.00000288. The maximum atomic E-state index is 12.5. The lowest BCUT2D eigenvalue weighted by molar-refractivity contribution is -0.170. The third-order valence-corrected chi connectivity index (χ3v) is 5.22. The first-order valence-electron chi connectivity index (χ1n) is 8.46. The van der Waals surface area contributed by atoms with Crippen LogP contribution in [0.1, 0.15) is 43.9 Å². The van der Waals surface area contributed by atoms with Crippen LogP contribution in [0.25, 0.3) is 0 Å². The van der Waals surface area contributed by atoms with Gasteiger partial charge in [0.25, 0.3) is 0 Å². The van der Waals surface area contributed by atoms with E-state index in [0.29, 0.717) is 19.6 Å². The largest absolute Gasteiger partial charge is 0.378 e. The van der Waals surface area contributed by atoms with Gasteiger partial charge in [-0.25, -0.2) is 0 Å². The van der Waals surface area contributed by atoms with Gasteiger partial charge >= 0.3 is 0 Å². The SMILES string of the molecule is CCOC1CC(N)(C(=O)NCCc2cc(C)cc(C)c2)C1(C)C.Cl. The quantitative estimate of drug-likeness (QED) is 0.825. The monoisotopic (exact) mass is 354 g/mol. The van der Waals surface area contributed by atoms with Crippen LogP contribution in [0.5, 0.6) is 0 Å². The van der Waals surface area contributed by atoms with E-state index in [1.165, 1.54) is 16.7 Å². The molecule has 0 aliphatic heterocycles. The van der Waals surface area contributed by atoms with Crippen molar-refractivity contribution in [2.24, 2.45) is 11.1 Å². The van der Waals surface area contributed by atoms with Gasteiger partial charge in [-0.15, -0.1) is 12.4 Å². The van der Waals surface area contributed by atoms with Gasteiger partial charge in [-0.3, -0.25) is 4.79 Å². The fourth-order valence-electron chi connectivity index (χ4n) is 3.51. The number of nitrogens with one attached hydrogen (secondary N) is 1. The van der Waals surface area contributed by atoms with Crippen LogP contribution in [0.2, 0.25) is 0 Å². The van der Waals surface area contributed by atoms with Crippen molar-refractivity contribution < 1.29 is 9.53 Å². The lowest BCUT2D eigenvalue weighted by atomic mass is 9.54. The molecule has 1 aliphatic carbocycles. The summed E-state index contributed by atoms with van der Waals surface area (Å²) < 4.78 is 5.68. The predicted octanol–water partition coefficient (Wildman–Crippen LogP) is 2.92. The Morgan fingerprint density at radius 2 is 1.88 bits per heavy atom. The molecule has 1 aromatic carbocycles. The molecule has 2 rings (SSSR count). The van der Waals surface area contributed by atoms with E-state index in [-0.39, 0.29) is 29.8 Å². The highest BCUT2D eigenvalue weighted by Crippen LogP contribution is 2.49. The first-order valence-corrected chi connectivity index (χ1v) is 8.46. The number of hydrogen-bond acceptors (Lipinski definition) is 3. The molecule has 1 fully saturated rings. The molecule has 0 radical (unpaired) electrons. The number of carbonyl (C=O) groups is 1. The maximum Gasteiger partial charge on any atom is 0.240 e. The number of hydrogen-bond donors (Lipinski definition) is 2. The molecule has 5 heteroatoms. The van der Waals surface area contributed by atoms with Crippen molar-refractivity contribution in [2.75, 3.05) is 13.2 Å². The average Bonchev–Trinajstić information content (AvgIpc) is 2.45. The van der Waals surface area contributed by atoms with E-state index < -0.39 is 5.54 Å². The van der Waals surface area contributed by atoms with E-state index in [2.05, 4.69) is 37.4 Å².